The lowest BCUT2D eigenvalue weighted by Crippen LogP contribution is -2.30. The average Bonchev–Trinajstić information content (AvgIpc) is 4.15. The average molecular weight is 1210 g/mol. The Balaban J connectivity index is 0.000000163. The normalized spacial score (nSPS) is 11.4. The Kier molecular flexibility index (Phi) is 19.2. The predicted molar refractivity (Wildman–Crippen MR) is 300 cm³/mol. The third-order valence-corrected chi connectivity index (χ3v) is 12.7. The zero-order valence-corrected chi connectivity index (χ0v) is 45.6. The molecule has 2 aliphatic rings. The summed E-state index contributed by atoms with van der Waals surface area (Å²) in [6.07, 6.45) is 3.68. The van der Waals surface area contributed by atoms with Gasteiger partial charge in [0.15, 0.2) is 0 Å². The molecule has 26 heteroatoms. The number of hydrogen-bond donors (Lipinski definition) is 6. The largest absolute Gasteiger partial charge is 0.496 e. The van der Waals surface area contributed by atoms with Gasteiger partial charge in [-0.2, -0.15) is 10.5 Å². The van der Waals surface area contributed by atoms with Crippen molar-refractivity contribution in [2.75, 3.05) is 42.1 Å². The molecule has 0 atom stereocenters. The number of anilines is 5. The Morgan fingerprint density at radius 1 is 0.705 bits per heavy atom. The number of nitrogens with one attached hydrogen (secondary N) is 3. The minimum Gasteiger partial charge on any atom is -0.496 e. The number of nitrogen functional groups attached to an aromatic ring is 3. The van der Waals surface area contributed by atoms with Crippen molar-refractivity contribution < 1.29 is 23.8 Å². The molecule has 78 heavy (non-hydrogen) atoms. The van der Waals surface area contributed by atoms with Crippen molar-refractivity contribution in [3.63, 3.8) is 0 Å². The molecule has 7 heterocycles. The number of halogens is 4. The molecule has 0 aliphatic carbocycles. The van der Waals surface area contributed by atoms with E-state index in [4.69, 9.17) is 71.7 Å². The molecule has 8 aromatic rings. The maximum atomic E-state index is 12.8. The van der Waals surface area contributed by atoms with Crippen molar-refractivity contribution in [1.29, 1.82) is 10.5 Å². The summed E-state index contributed by atoms with van der Waals surface area (Å²) in [6, 6.07) is 28.8. The highest BCUT2D eigenvalue weighted by atomic mass is 79.9. The number of rotatable bonds is 7. The van der Waals surface area contributed by atoms with Crippen LogP contribution < -0.4 is 47.4 Å². The molecule has 0 saturated carbocycles. The number of hydrogen-bond acceptors (Lipinski definition) is 18. The zero-order valence-electron chi connectivity index (χ0n) is 40.9. The number of benzene rings is 3. The van der Waals surface area contributed by atoms with Crippen molar-refractivity contribution in [3.05, 3.63) is 174 Å². The fourth-order valence-electron chi connectivity index (χ4n) is 7.26. The first kappa shape index (κ1) is 56.5. The van der Waals surface area contributed by atoms with Crippen LogP contribution in [0.25, 0.3) is 27.4 Å². The van der Waals surface area contributed by atoms with Gasteiger partial charge in [0.1, 0.15) is 47.0 Å². The maximum Gasteiger partial charge on any atom is 0.417 e. The molecule has 22 nitrogen and oxygen atoms in total. The number of methoxy groups -OCH3 is 2. The first-order valence-electron chi connectivity index (χ1n) is 22.6. The maximum absolute atomic E-state index is 12.8. The van der Waals surface area contributed by atoms with E-state index in [-0.39, 0.29) is 42.5 Å². The summed E-state index contributed by atoms with van der Waals surface area (Å²) in [4.78, 5) is 57.9. The number of nitrogens with zero attached hydrogens (tertiary/aromatic N) is 11. The highest BCUT2D eigenvalue weighted by Gasteiger charge is 2.30. The van der Waals surface area contributed by atoms with E-state index in [0.717, 1.165) is 32.6 Å². The van der Waals surface area contributed by atoms with E-state index < -0.39 is 6.09 Å². The molecular weight excluding hydrogens is 1170 g/mol. The number of pyridine rings is 3. The van der Waals surface area contributed by atoms with Crippen LogP contribution in [0.1, 0.15) is 33.9 Å². The van der Waals surface area contributed by atoms with Crippen molar-refractivity contribution in [2.45, 2.75) is 26.2 Å². The summed E-state index contributed by atoms with van der Waals surface area (Å²) in [7, 11) is 3.17. The number of nitrogens with two attached hydrogens (primary N) is 3. The lowest BCUT2D eigenvalue weighted by atomic mass is 10.1. The molecule has 0 spiro atoms. The van der Waals surface area contributed by atoms with Crippen LogP contribution in [-0.2, 0) is 26.2 Å². The van der Waals surface area contributed by atoms with Gasteiger partial charge in [-0.1, -0.05) is 48.0 Å². The number of fused-ring (bicyclic) bond motifs is 2. The second kappa shape index (κ2) is 26.5. The van der Waals surface area contributed by atoms with Gasteiger partial charge in [0.05, 0.1) is 98.5 Å². The highest BCUT2D eigenvalue weighted by molar-refractivity contribution is 9.11. The molecule has 5 aromatic heterocycles. The summed E-state index contributed by atoms with van der Waals surface area (Å²) in [6.45, 7) is 8.89. The van der Waals surface area contributed by atoms with Crippen LogP contribution in [0.3, 0.4) is 0 Å². The monoisotopic (exact) mass is 1210 g/mol. The van der Waals surface area contributed by atoms with E-state index in [1.54, 1.807) is 85.8 Å². The fourth-order valence-corrected chi connectivity index (χ4v) is 9.04. The topological polar surface area (TPSA) is 321 Å². The number of carbonyl (C=O) groups is 2. The summed E-state index contributed by atoms with van der Waals surface area (Å²) in [5, 5.41) is 26.4. The van der Waals surface area contributed by atoms with Gasteiger partial charge >= 0.3 is 12.1 Å². The summed E-state index contributed by atoms with van der Waals surface area (Å²) in [5.74, 6) is 2.34. The number of para-hydroxylation sites is 1. The van der Waals surface area contributed by atoms with Crippen LogP contribution in [0.5, 0.6) is 17.2 Å². The molecule has 9 N–H and O–H groups in total. The lowest BCUT2D eigenvalue weighted by molar-refractivity contribution is 0.212. The van der Waals surface area contributed by atoms with Crippen molar-refractivity contribution in [2.24, 2.45) is 0 Å². The van der Waals surface area contributed by atoms with E-state index in [1.165, 1.54) is 30.7 Å². The lowest BCUT2D eigenvalue weighted by Gasteiger charge is -2.16. The van der Waals surface area contributed by atoms with Crippen LogP contribution in [0.4, 0.5) is 44.4 Å². The van der Waals surface area contributed by atoms with Gasteiger partial charge < -0.3 is 51.8 Å². The highest BCUT2D eigenvalue weighted by Crippen LogP contribution is 2.41. The molecule has 10 rings (SSSR count). The van der Waals surface area contributed by atoms with Crippen molar-refractivity contribution in [1.82, 2.24) is 45.1 Å². The Bertz CT molecular complexity index is 3620. The van der Waals surface area contributed by atoms with E-state index in [2.05, 4.69) is 87.5 Å². The van der Waals surface area contributed by atoms with E-state index in [9.17, 15) is 9.59 Å². The van der Waals surface area contributed by atoms with Crippen molar-refractivity contribution in [3.8, 4) is 51.9 Å². The quantitative estimate of drug-likeness (QED) is 0.0808. The van der Waals surface area contributed by atoms with Crippen LogP contribution in [-0.4, -0.2) is 66.1 Å². The number of urea groups is 1. The van der Waals surface area contributed by atoms with Gasteiger partial charge in [-0.05, 0) is 105 Å². The Morgan fingerprint density at radius 3 is 1.81 bits per heavy atom. The first-order chi connectivity index (χ1) is 37.6. The standard InChI is InChI=1S/C20H15BrClN7O2.C13H12BrClN4O.C13H9N3O2.C6H5N3/c1-24-17-4-3-10(7-25-17)26-20(30)29-8-12-15(9-29)27-19(23)28-18(12)11-5-16(31-2)13(21)6-14(11)22;1-20-11-2-6(9(15)3-8(11)14)12-7-4-17-5-10(7)18-13(16)19-12;14-8-10-6-7-11(9-15-10)16-13(17)18-12-4-2-1-3-5-12;7-3-6-2-1-5(8)4-9-6/h3-7H,8-9H2,2H3,(H,26,30)(H2,23,27,28);2-3,17H,4-5H2,1H3,(H2,16,18,19);1-7,9H,(H,16,17);1-2,4H,8H2. The van der Waals surface area contributed by atoms with Gasteiger partial charge in [0.25, 0.3) is 5.82 Å². The number of carbonyl (C=O) groups excluding carboxylic acids is 2. The molecule has 392 valence electrons. The summed E-state index contributed by atoms with van der Waals surface area (Å²) in [5.41, 5.74) is 25.3. The minimum atomic E-state index is -0.604. The Hall–Kier alpha value is -9.22. The minimum absolute atomic E-state index is 0.0906. The SMILES string of the molecule is COc1cc(-c2nc(N)nc3c2CNC3)c(Cl)cc1Br.N#Cc1ccc(N)cn1.N#Cc1ccc(NC(=O)Oc2ccccc2)cn1.[C-]#[N+]c1ccc(NC(=O)N2Cc3nc(N)nc(-c4cc(OC)c(Br)cc4Cl)c3C2)cn1. The number of amides is 3. The van der Waals surface area contributed by atoms with Crippen LogP contribution in [0.15, 0.2) is 119 Å². The number of nitriles is 2. The van der Waals surface area contributed by atoms with Crippen molar-refractivity contribution >= 4 is 102 Å². The predicted octanol–water partition coefficient (Wildman–Crippen LogP) is 10.5. The molecule has 0 bridgehead atoms. The first-order valence-corrected chi connectivity index (χ1v) is 24.9. The zero-order chi connectivity index (χ0) is 55.9. The molecule has 0 saturated heterocycles. The summed E-state index contributed by atoms with van der Waals surface area (Å²) < 4.78 is 17.2. The molecule has 3 aromatic carbocycles. The molecule has 0 fully saturated rings. The van der Waals surface area contributed by atoms with E-state index in [1.807, 2.05) is 24.3 Å². The van der Waals surface area contributed by atoms with Gasteiger partial charge in [0, 0.05) is 35.3 Å². The van der Waals surface area contributed by atoms with E-state index >= 15 is 0 Å². The molecular formula is C52H41Br2Cl2N17O5. The third-order valence-electron chi connectivity index (χ3n) is 10.9. The smallest absolute Gasteiger partial charge is 0.417 e. The second-order valence-electron chi connectivity index (χ2n) is 16.0. The Morgan fingerprint density at radius 2 is 1.27 bits per heavy atom. The molecule has 0 unspecified atom stereocenters. The number of aromatic nitrogens is 7. The molecule has 3 amide bonds. The molecule has 2 aliphatic heterocycles. The second-order valence-corrected chi connectivity index (χ2v) is 18.5. The third kappa shape index (κ3) is 14.6. The van der Waals surface area contributed by atoms with Gasteiger partial charge in [0.2, 0.25) is 11.9 Å². The summed E-state index contributed by atoms with van der Waals surface area (Å²) >= 11 is 19.6. The van der Waals surface area contributed by atoms with Gasteiger partial charge in [-0.25, -0.2) is 39.5 Å². The van der Waals surface area contributed by atoms with Crippen LogP contribution in [0, 0.1) is 29.2 Å². The Labute approximate surface area is 472 Å². The van der Waals surface area contributed by atoms with Gasteiger partial charge in [-0.15, -0.1) is 4.98 Å². The molecule has 0 radical (unpaired) electrons. The van der Waals surface area contributed by atoms with Gasteiger partial charge in [-0.3, -0.25) is 5.32 Å². The van der Waals surface area contributed by atoms with Crippen LogP contribution in [0.2, 0.25) is 10.0 Å². The fraction of sp³-hybridized carbons (Fsp3) is 0.115. The number of ether oxygens (including phenoxy) is 3. The van der Waals surface area contributed by atoms with Crippen LogP contribution >= 0.6 is 55.1 Å². The van der Waals surface area contributed by atoms with E-state index in [0.29, 0.717) is 84.6 Å².